The van der Waals surface area contributed by atoms with Gasteiger partial charge in [-0.25, -0.2) is 4.74 Å². The van der Waals surface area contributed by atoms with E-state index in [1.54, 1.807) is 13.8 Å². The van der Waals surface area contributed by atoms with Gasteiger partial charge in [-0.05, 0) is 19.9 Å². The Morgan fingerprint density at radius 3 is 2.67 bits per heavy atom. The number of carbonyl (C=O) groups excluding carboxylic acids is 1. The number of hydrogen-bond donors (Lipinski definition) is 1. The molecule has 5 heteroatoms. The second-order valence-electron chi connectivity index (χ2n) is 3.46. The Balaban J connectivity index is 0.00000196. The number of aliphatic hydroxyl groups is 1. The third-order valence-electron chi connectivity index (χ3n) is 1.91. The fourth-order valence-electron chi connectivity index (χ4n) is 1.04. The van der Waals surface area contributed by atoms with Crippen LogP contribution in [0.4, 0.5) is 0 Å². The van der Waals surface area contributed by atoms with Crippen molar-refractivity contribution in [3.05, 3.63) is 29.2 Å². The van der Waals surface area contributed by atoms with Crippen LogP contribution >= 0.6 is 0 Å². The molecule has 0 heterocycles. The first-order valence-electron chi connectivity index (χ1n) is 4.44. The van der Waals surface area contributed by atoms with Crippen molar-refractivity contribution in [3.63, 3.8) is 0 Å². The summed E-state index contributed by atoms with van der Waals surface area (Å²) in [6.45, 7) is 3.49. The van der Waals surface area contributed by atoms with E-state index in [2.05, 4.69) is 0 Å². The van der Waals surface area contributed by atoms with Crippen molar-refractivity contribution in [2.24, 2.45) is 5.92 Å². The molecule has 0 amide bonds. The summed E-state index contributed by atoms with van der Waals surface area (Å²) in [5, 5.41) is 20.2. The number of rotatable bonds is 2. The first-order chi connectivity index (χ1) is 6.50. The molecule has 0 aromatic rings. The van der Waals surface area contributed by atoms with Crippen LogP contribution in [-0.4, -0.2) is 57.4 Å². The van der Waals surface area contributed by atoms with Gasteiger partial charge in [-0.1, -0.05) is 6.08 Å². The molecular weight excluding hydrogens is 205 g/mol. The van der Waals surface area contributed by atoms with E-state index in [1.165, 1.54) is 18.4 Å². The Bertz CT molecular complexity index is 332. The average Bonchev–Trinajstić information content (AvgIpc) is 2.09. The van der Waals surface area contributed by atoms with Gasteiger partial charge in [0.1, 0.15) is 11.7 Å². The molecule has 15 heavy (non-hydrogen) atoms. The molecule has 1 rings (SSSR count). The molecule has 0 aromatic carbocycles. The van der Waals surface area contributed by atoms with Gasteiger partial charge >= 0.3 is 0 Å². The Morgan fingerprint density at radius 1 is 1.60 bits per heavy atom. The zero-order chi connectivity index (χ0) is 10.7. The van der Waals surface area contributed by atoms with E-state index in [4.69, 9.17) is 5.11 Å². The molecule has 0 aromatic heterocycles. The fraction of sp³-hybridized carbons (Fsp3) is 0.400. The third-order valence-corrected chi connectivity index (χ3v) is 1.91. The van der Waals surface area contributed by atoms with Gasteiger partial charge < -0.3 is 10.3 Å². The topological polar surface area (TPSA) is 63.4 Å². The normalized spacial score (nSPS) is 21.3. The Kier molecular flexibility index (Phi) is 5.87. The van der Waals surface area contributed by atoms with Gasteiger partial charge in [0.15, 0.2) is 18.0 Å². The van der Waals surface area contributed by atoms with E-state index < -0.39 is 5.92 Å². The van der Waals surface area contributed by atoms with Gasteiger partial charge in [0.2, 0.25) is 0 Å². The first kappa shape index (κ1) is 14.4. The van der Waals surface area contributed by atoms with Crippen LogP contribution in [0, 0.1) is 11.1 Å². The van der Waals surface area contributed by atoms with Crippen molar-refractivity contribution in [1.82, 2.24) is 0 Å². The first-order valence-corrected chi connectivity index (χ1v) is 4.44. The number of ketones is 1. The number of allylic oxidation sites excluding steroid dienone is 3. The number of hydroxylamine groups is 1. The molecule has 1 radical (unpaired) electrons. The standard InChI is InChI=1S/C10H13NO3.Na/c1-7(2)11(14)6-8-3-4-9(12)5-10(8)13;/h3-8,12H,1-2H3;/b11-6-;. The van der Waals surface area contributed by atoms with Gasteiger partial charge in [-0.2, -0.15) is 0 Å². The van der Waals surface area contributed by atoms with E-state index in [0.717, 1.165) is 10.8 Å². The molecule has 1 aliphatic carbocycles. The number of carbonyl (C=O) groups is 1. The Labute approximate surface area is 111 Å². The molecule has 1 aliphatic rings. The van der Waals surface area contributed by atoms with E-state index in [0.29, 0.717) is 0 Å². The van der Waals surface area contributed by atoms with Crippen molar-refractivity contribution in [2.45, 2.75) is 19.9 Å². The van der Waals surface area contributed by atoms with Gasteiger partial charge in [0.05, 0.1) is 0 Å². The predicted octanol–water partition coefficient (Wildman–Crippen LogP) is 0.792. The maximum Gasteiger partial charge on any atom is 0.176 e. The molecule has 0 saturated heterocycles. The zero-order valence-electron chi connectivity index (χ0n) is 9.18. The second kappa shape index (κ2) is 6.10. The number of aliphatic hydroxyl groups excluding tert-OH is 1. The summed E-state index contributed by atoms with van der Waals surface area (Å²) in [7, 11) is 0. The molecular formula is C10H13NNaO3. The van der Waals surface area contributed by atoms with Crippen LogP contribution in [0.15, 0.2) is 24.0 Å². The van der Waals surface area contributed by atoms with Crippen LogP contribution in [0.2, 0.25) is 0 Å². The quantitative estimate of drug-likeness (QED) is 0.245. The second-order valence-corrected chi connectivity index (χ2v) is 3.46. The van der Waals surface area contributed by atoms with E-state index in [-0.39, 0.29) is 47.1 Å². The minimum Gasteiger partial charge on any atom is -0.624 e. The summed E-state index contributed by atoms with van der Waals surface area (Å²) in [4.78, 5) is 11.3. The summed E-state index contributed by atoms with van der Waals surface area (Å²) in [6, 6.07) is -0.185. The summed E-state index contributed by atoms with van der Waals surface area (Å²) >= 11 is 0. The van der Waals surface area contributed by atoms with Crippen molar-refractivity contribution >= 4 is 41.6 Å². The molecule has 0 bridgehead atoms. The van der Waals surface area contributed by atoms with Gasteiger partial charge in [-0.15, -0.1) is 0 Å². The molecule has 0 saturated carbocycles. The molecule has 0 aliphatic heterocycles. The minimum absolute atomic E-state index is 0. The predicted molar refractivity (Wildman–Crippen MR) is 58.9 cm³/mol. The summed E-state index contributed by atoms with van der Waals surface area (Å²) in [5.74, 6) is -0.890. The van der Waals surface area contributed by atoms with E-state index >= 15 is 0 Å². The van der Waals surface area contributed by atoms with Crippen LogP contribution in [0.3, 0.4) is 0 Å². The number of hydrogen-bond acceptors (Lipinski definition) is 3. The number of nitrogens with zero attached hydrogens (tertiary/aromatic N) is 1. The van der Waals surface area contributed by atoms with Gasteiger partial charge in [0, 0.05) is 35.6 Å². The van der Waals surface area contributed by atoms with Crippen molar-refractivity contribution in [2.75, 3.05) is 0 Å². The van der Waals surface area contributed by atoms with Crippen molar-refractivity contribution < 1.29 is 14.6 Å². The fourth-order valence-corrected chi connectivity index (χ4v) is 1.04. The molecule has 1 unspecified atom stereocenters. The van der Waals surface area contributed by atoms with E-state index in [9.17, 15) is 10.0 Å². The average molecular weight is 218 g/mol. The Morgan fingerprint density at radius 2 is 2.20 bits per heavy atom. The Hall–Kier alpha value is -0.580. The summed E-state index contributed by atoms with van der Waals surface area (Å²) < 4.78 is 0.739. The van der Waals surface area contributed by atoms with Crippen molar-refractivity contribution in [1.29, 1.82) is 0 Å². The van der Waals surface area contributed by atoms with Crippen LogP contribution in [-0.2, 0) is 4.79 Å². The maximum atomic E-state index is 11.3. The van der Waals surface area contributed by atoms with Gasteiger partial charge in [-0.3, -0.25) is 4.79 Å². The third kappa shape index (κ3) is 4.20. The molecule has 1 atom stereocenters. The van der Waals surface area contributed by atoms with Crippen molar-refractivity contribution in [3.8, 4) is 0 Å². The molecule has 77 valence electrons. The molecule has 0 fully saturated rings. The van der Waals surface area contributed by atoms with Crippen LogP contribution < -0.4 is 0 Å². The molecule has 4 nitrogen and oxygen atoms in total. The maximum absolute atomic E-state index is 11.3. The summed E-state index contributed by atoms with van der Waals surface area (Å²) in [5.41, 5.74) is 0. The van der Waals surface area contributed by atoms with Crippen LogP contribution in [0.1, 0.15) is 13.8 Å². The molecule has 1 N–H and O–H groups in total. The zero-order valence-corrected chi connectivity index (χ0v) is 11.2. The van der Waals surface area contributed by atoms with Crippen LogP contribution in [0.5, 0.6) is 0 Å². The smallest absolute Gasteiger partial charge is 0.176 e. The van der Waals surface area contributed by atoms with Gasteiger partial charge in [0.25, 0.3) is 0 Å². The largest absolute Gasteiger partial charge is 0.624 e. The summed E-state index contributed by atoms with van der Waals surface area (Å²) in [6.07, 6.45) is 5.35. The molecule has 0 spiro atoms. The SMILES string of the molecule is CC(C)/[N+]([O-])=C/C1C=CC(O)=CC1=O.[Na]. The van der Waals surface area contributed by atoms with E-state index in [1.807, 2.05) is 0 Å². The van der Waals surface area contributed by atoms with Crippen LogP contribution in [0.25, 0.3) is 0 Å². The minimum atomic E-state index is -0.550. The monoisotopic (exact) mass is 218 g/mol.